The quantitative estimate of drug-likeness (QED) is 0.448. The van der Waals surface area contributed by atoms with Crippen molar-refractivity contribution in [1.82, 2.24) is 9.88 Å². The Hall–Kier alpha value is -3.39. The third kappa shape index (κ3) is 5.17. The molecular formula is C27H33FN4O3. The monoisotopic (exact) mass is 480 g/mol. The van der Waals surface area contributed by atoms with Crippen LogP contribution in [0.25, 0.3) is 10.9 Å². The number of anilines is 3. The molecule has 1 aliphatic heterocycles. The Balaban J connectivity index is 1.88. The second-order valence-corrected chi connectivity index (χ2v) is 8.50. The molecule has 1 fully saturated rings. The van der Waals surface area contributed by atoms with Crippen molar-refractivity contribution in [3.63, 3.8) is 0 Å². The number of pyridine rings is 1. The van der Waals surface area contributed by atoms with Gasteiger partial charge in [-0.05, 0) is 45.5 Å². The average Bonchev–Trinajstić information content (AvgIpc) is 2.87. The van der Waals surface area contributed by atoms with Gasteiger partial charge >= 0.3 is 5.97 Å². The molecule has 0 bridgehead atoms. The van der Waals surface area contributed by atoms with E-state index in [1.165, 1.54) is 12.3 Å². The number of esters is 1. The zero-order chi connectivity index (χ0) is 24.9. The normalized spacial score (nSPS) is 14.3. The smallest absolute Gasteiger partial charge is 0.341 e. The highest BCUT2D eigenvalue weighted by atomic mass is 19.1. The summed E-state index contributed by atoms with van der Waals surface area (Å²) < 4.78 is 25.6. The van der Waals surface area contributed by atoms with Gasteiger partial charge in [0, 0.05) is 55.1 Å². The highest BCUT2D eigenvalue weighted by molar-refractivity contribution is 6.07. The number of halogens is 1. The molecule has 2 heterocycles. The van der Waals surface area contributed by atoms with Crippen LogP contribution in [0, 0.1) is 12.7 Å². The van der Waals surface area contributed by atoms with Crippen LogP contribution < -0.4 is 15.0 Å². The second-order valence-electron chi connectivity index (χ2n) is 8.50. The van der Waals surface area contributed by atoms with Gasteiger partial charge in [0.05, 0.1) is 30.1 Å². The largest absolute Gasteiger partial charge is 0.492 e. The number of nitrogens with zero attached hydrogens (tertiary/aromatic N) is 3. The molecule has 0 spiro atoms. The van der Waals surface area contributed by atoms with E-state index in [-0.39, 0.29) is 12.4 Å². The summed E-state index contributed by atoms with van der Waals surface area (Å²) in [6, 6.07) is 8.79. The number of likely N-dealkylation sites (N-methyl/N-ethyl adjacent to an activating group) is 1. The van der Waals surface area contributed by atoms with Gasteiger partial charge in [0.15, 0.2) is 0 Å². The average molecular weight is 481 g/mol. The number of piperazine rings is 1. The number of carbonyl (C=O) groups excluding carboxylic acids is 1. The van der Waals surface area contributed by atoms with E-state index in [2.05, 4.69) is 27.0 Å². The Bertz CT molecular complexity index is 1210. The van der Waals surface area contributed by atoms with Crippen molar-refractivity contribution in [1.29, 1.82) is 0 Å². The van der Waals surface area contributed by atoms with Gasteiger partial charge in [-0.3, -0.25) is 4.98 Å². The fourth-order valence-corrected chi connectivity index (χ4v) is 4.41. The molecule has 186 valence electrons. The third-order valence-electron chi connectivity index (χ3n) is 6.43. The van der Waals surface area contributed by atoms with Crippen LogP contribution in [0.4, 0.5) is 21.5 Å². The predicted molar refractivity (Wildman–Crippen MR) is 138 cm³/mol. The van der Waals surface area contributed by atoms with Gasteiger partial charge in [0.25, 0.3) is 0 Å². The minimum atomic E-state index is -0.481. The first-order valence-electron chi connectivity index (χ1n) is 12.2. The summed E-state index contributed by atoms with van der Waals surface area (Å²) in [6.45, 7) is 13.1. The highest BCUT2D eigenvalue weighted by Gasteiger charge is 2.23. The number of carbonyl (C=O) groups is 1. The summed E-state index contributed by atoms with van der Waals surface area (Å²) in [6.07, 6.45) is 1.51. The maximum atomic E-state index is 14.3. The lowest BCUT2D eigenvalue weighted by molar-refractivity contribution is 0.0527. The first kappa shape index (κ1) is 24.7. The number of nitrogens with one attached hydrogen (secondary N) is 1. The van der Waals surface area contributed by atoms with E-state index in [9.17, 15) is 9.18 Å². The highest BCUT2D eigenvalue weighted by Crippen LogP contribution is 2.39. The Morgan fingerprint density at radius 3 is 2.57 bits per heavy atom. The van der Waals surface area contributed by atoms with E-state index in [0.717, 1.165) is 49.5 Å². The van der Waals surface area contributed by atoms with Crippen molar-refractivity contribution < 1.29 is 18.7 Å². The lowest BCUT2D eigenvalue weighted by Gasteiger charge is -2.36. The van der Waals surface area contributed by atoms with Crippen molar-refractivity contribution >= 4 is 33.9 Å². The Morgan fingerprint density at radius 1 is 1.11 bits per heavy atom. The van der Waals surface area contributed by atoms with Crippen molar-refractivity contribution in [2.24, 2.45) is 0 Å². The molecule has 0 unspecified atom stereocenters. The second kappa shape index (κ2) is 10.9. The van der Waals surface area contributed by atoms with Gasteiger partial charge in [-0.25, -0.2) is 9.18 Å². The summed E-state index contributed by atoms with van der Waals surface area (Å²) in [5, 5.41) is 4.06. The summed E-state index contributed by atoms with van der Waals surface area (Å²) in [7, 11) is 0. The number of benzene rings is 2. The van der Waals surface area contributed by atoms with Crippen molar-refractivity contribution in [3.05, 3.63) is 53.5 Å². The maximum absolute atomic E-state index is 14.3. The molecule has 3 aromatic rings. The van der Waals surface area contributed by atoms with Crippen LogP contribution in [0.3, 0.4) is 0 Å². The van der Waals surface area contributed by atoms with Crippen molar-refractivity contribution in [3.8, 4) is 5.75 Å². The number of hydrogen-bond acceptors (Lipinski definition) is 7. The topological polar surface area (TPSA) is 66.9 Å². The Kier molecular flexibility index (Phi) is 7.70. The minimum Gasteiger partial charge on any atom is -0.492 e. The zero-order valence-corrected chi connectivity index (χ0v) is 20.9. The standard InChI is InChI=1S/C27H33FN4O3/c1-5-31-11-13-32(14-12-31)24-15-19-23(16-25(24)34-6-2)29-17-20(27(33)35-7-3)26(19)30-22-10-8-9-21(28)18(22)4/h8-10,15-17H,5-7,11-14H2,1-4H3,(H,29,30). The van der Waals surface area contributed by atoms with Crippen LogP contribution in [0.15, 0.2) is 36.5 Å². The molecule has 1 N–H and O–H groups in total. The molecule has 0 atom stereocenters. The van der Waals surface area contributed by atoms with E-state index < -0.39 is 5.97 Å². The molecule has 7 nitrogen and oxygen atoms in total. The van der Waals surface area contributed by atoms with E-state index in [0.29, 0.717) is 34.6 Å². The fraction of sp³-hybridized carbons (Fsp3) is 0.407. The minimum absolute atomic E-state index is 0.242. The number of hydrogen-bond donors (Lipinski definition) is 1. The van der Waals surface area contributed by atoms with Crippen LogP contribution in [0.1, 0.15) is 36.7 Å². The van der Waals surface area contributed by atoms with Gasteiger partial charge in [-0.15, -0.1) is 0 Å². The van der Waals surface area contributed by atoms with Crippen LogP contribution in [-0.2, 0) is 4.74 Å². The molecule has 0 aliphatic carbocycles. The SMILES string of the molecule is CCOC(=O)c1cnc2cc(OCC)c(N3CCN(CC)CC3)cc2c1Nc1cccc(F)c1C. The van der Waals surface area contributed by atoms with Gasteiger partial charge in [-0.2, -0.15) is 0 Å². The molecule has 1 aliphatic rings. The van der Waals surface area contributed by atoms with Crippen LogP contribution in [0.5, 0.6) is 5.75 Å². The Morgan fingerprint density at radius 2 is 1.89 bits per heavy atom. The number of rotatable bonds is 8. The molecule has 8 heteroatoms. The van der Waals surface area contributed by atoms with Gasteiger partial charge < -0.3 is 24.6 Å². The van der Waals surface area contributed by atoms with E-state index in [4.69, 9.17) is 9.47 Å². The summed E-state index contributed by atoms with van der Waals surface area (Å²) in [5.74, 6) is -0.0427. The van der Waals surface area contributed by atoms with Crippen molar-refractivity contribution in [2.45, 2.75) is 27.7 Å². The molecule has 1 aromatic heterocycles. The number of fused-ring (bicyclic) bond motifs is 1. The van der Waals surface area contributed by atoms with Crippen LogP contribution in [0.2, 0.25) is 0 Å². The molecule has 0 saturated carbocycles. The van der Waals surface area contributed by atoms with E-state index >= 15 is 0 Å². The molecule has 1 saturated heterocycles. The van der Waals surface area contributed by atoms with E-state index in [1.807, 2.05) is 19.1 Å². The number of ether oxygens (including phenoxy) is 2. The molecular weight excluding hydrogens is 447 g/mol. The summed E-state index contributed by atoms with van der Waals surface area (Å²) in [5.41, 5.74) is 3.52. The Labute approximate surface area is 205 Å². The van der Waals surface area contributed by atoms with Crippen LogP contribution >= 0.6 is 0 Å². The fourth-order valence-electron chi connectivity index (χ4n) is 4.41. The predicted octanol–water partition coefficient (Wildman–Crippen LogP) is 5.14. The summed E-state index contributed by atoms with van der Waals surface area (Å²) in [4.78, 5) is 22.1. The number of aromatic nitrogens is 1. The molecule has 4 rings (SSSR count). The first-order valence-corrected chi connectivity index (χ1v) is 12.2. The molecule has 2 aromatic carbocycles. The molecule has 0 radical (unpaired) electrons. The first-order chi connectivity index (χ1) is 17.0. The van der Waals surface area contributed by atoms with Gasteiger partial charge in [0.2, 0.25) is 0 Å². The zero-order valence-electron chi connectivity index (χ0n) is 20.9. The summed E-state index contributed by atoms with van der Waals surface area (Å²) >= 11 is 0. The molecule has 0 amide bonds. The van der Waals surface area contributed by atoms with Gasteiger partial charge in [0.1, 0.15) is 17.1 Å². The van der Waals surface area contributed by atoms with Crippen LogP contribution in [-0.4, -0.2) is 61.8 Å². The lowest BCUT2D eigenvalue weighted by Crippen LogP contribution is -2.46. The third-order valence-corrected chi connectivity index (χ3v) is 6.43. The van der Waals surface area contributed by atoms with E-state index in [1.54, 1.807) is 26.0 Å². The van der Waals surface area contributed by atoms with Crippen molar-refractivity contribution in [2.75, 3.05) is 56.2 Å². The molecule has 35 heavy (non-hydrogen) atoms. The van der Waals surface area contributed by atoms with Gasteiger partial charge in [-0.1, -0.05) is 13.0 Å². The lowest BCUT2D eigenvalue weighted by atomic mass is 10.1. The maximum Gasteiger partial charge on any atom is 0.341 e.